The average Bonchev–Trinajstić information content (AvgIpc) is 2.10. The van der Waals surface area contributed by atoms with Crippen LogP contribution in [0.5, 0.6) is 0 Å². The second-order valence-corrected chi connectivity index (χ2v) is 3.57. The largest absolute Gasteiger partial charge is 0.318 e. The van der Waals surface area contributed by atoms with Crippen molar-refractivity contribution in [3.63, 3.8) is 0 Å². The lowest BCUT2D eigenvalue weighted by Crippen LogP contribution is -2.25. The lowest BCUT2D eigenvalue weighted by molar-refractivity contribution is 0.0975. The van der Waals surface area contributed by atoms with Gasteiger partial charge in [0.1, 0.15) is 0 Å². The highest BCUT2D eigenvalue weighted by Crippen LogP contribution is 2.03. The summed E-state index contributed by atoms with van der Waals surface area (Å²) in [4.78, 5) is 12.6. The third kappa shape index (κ3) is 3.79. The summed E-state index contributed by atoms with van der Waals surface area (Å²) in [6, 6.07) is 3.09. The molecule has 1 rings (SSSR count). The fraction of sp³-hybridized carbons (Fsp3) is 0.500. The zero-order chi connectivity index (χ0) is 11.4. The van der Waals surface area contributed by atoms with E-state index in [2.05, 4.69) is 0 Å². The van der Waals surface area contributed by atoms with Crippen LogP contribution in [0, 0.1) is 0 Å². The number of pyridine rings is 1. The molecule has 0 aromatic carbocycles. The summed E-state index contributed by atoms with van der Waals surface area (Å²) in [7, 11) is 3.26. The summed E-state index contributed by atoms with van der Waals surface area (Å²) in [6.45, 7) is 0.154. The molecule has 0 unspecified atom stereocenters. The average molecular weight is 216 g/mol. The van der Waals surface area contributed by atoms with Crippen molar-refractivity contribution in [1.82, 2.24) is 9.47 Å². The van der Waals surface area contributed by atoms with E-state index in [0.29, 0.717) is 6.54 Å². The number of nitrogens with zero attached hydrogens (tertiary/aromatic N) is 2. The van der Waals surface area contributed by atoms with Crippen LogP contribution in [0.2, 0.25) is 0 Å². The Morgan fingerprint density at radius 2 is 2.13 bits per heavy atom. The molecule has 1 aromatic heterocycles. The molecule has 84 valence electrons. The molecule has 5 heteroatoms. The van der Waals surface area contributed by atoms with Crippen LogP contribution in [0.25, 0.3) is 0 Å². The Hall–Kier alpha value is -1.23. The number of alkyl halides is 2. The summed E-state index contributed by atoms with van der Waals surface area (Å²) < 4.78 is 25.5. The lowest BCUT2D eigenvalue weighted by atomic mass is 10.2. The molecular formula is C10H14F2N2O. The van der Waals surface area contributed by atoms with Crippen molar-refractivity contribution in [2.24, 2.45) is 7.05 Å². The van der Waals surface area contributed by atoms with Gasteiger partial charge in [-0.2, -0.15) is 0 Å². The Kier molecular flexibility index (Phi) is 3.96. The van der Waals surface area contributed by atoms with Crippen LogP contribution in [-0.4, -0.2) is 29.5 Å². The third-order valence-corrected chi connectivity index (χ3v) is 2.05. The predicted molar refractivity (Wildman–Crippen MR) is 54.0 cm³/mol. The first-order valence-electron chi connectivity index (χ1n) is 4.61. The van der Waals surface area contributed by atoms with Crippen molar-refractivity contribution in [3.05, 3.63) is 34.2 Å². The molecule has 0 radical (unpaired) electrons. The smallest absolute Gasteiger partial charge is 0.251 e. The molecule has 0 fully saturated rings. The van der Waals surface area contributed by atoms with Crippen LogP contribution in [0.4, 0.5) is 8.78 Å². The van der Waals surface area contributed by atoms with Gasteiger partial charge in [0.15, 0.2) is 0 Å². The molecule has 3 nitrogen and oxygen atoms in total. The first-order valence-corrected chi connectivity index (χ1v) is 4.61. The van der Waals surface area contributed by atoms with Crippen molar-refractivity contribution in [2.45, 2.75) is 13.0 Å². The van der Waals surface area contributed by atoms with Gasteiger partial charge >= 0.3 is 0 Å². The van der Waals surface area contributed by atoms with Gasteiger partial charge in [0.05, 0.1) is 6.54 Å². The Morgan fingerprint density at radius 3 is 2.67 bits per heavy atom. The zero-order valence-electron chi connectivity index (χ0n) is 8.78. The summed E-state index contributed by atoms with van der Waals surface area (Å²) in [5, 5.41) is 0. The number of aryl methyl sites for hydroxylation is 1. The van der Waals surface area contributed by atoms with E-state index in [9.17, 15) is 13.6 Å². The van der Waals surface area contributed by atoms with E-state index in [1.54, 1.807) is 26.4 Å². The molecular weight excluding hydrogens is 202 g/mol. The molecule has 0 N–H and O–H groups in total. The van der Waals surface area contributed by atoms with E-state index in [-0.39, 0.29) is 12.1 Å². The zero-order valence-corrected chi connectivity index (χ0v) is 8.78. The van der Waals surface area contributed by atoms with Crippen LogP contribution in [0.15, 0.2) is 23.1 Å². The highest BCUT2D eigenvalue weighted by molar-refractivity contribution is 5.09. The van der Waals surface area contributed by atoms with Gasteiger partial charge < -0.3 is 4.57 Å². The molecule has 0 amide bonds. The first-order chi connectivity index (χ1) is 6.99. The lowest BCUT2D eigenvalue weighted by Gasteiger charge is -2.16. The Bertz CT molecular complexity index is 376. The first kappa shape index (κ1) is 11.8. The summed E-state index contributed by atoms with van der Waals surface area (Å²) in [5.74, 6) is 0. The molecule has 0 bridgehead atoms. The van der Waals surface area contributed by atoms with Gasteiger partial charge in [-0.3, -0.25) is 9.69 Å². The van der Waals surface area contributed by atoms with Crippen LogP contribution in [0.3, 0.4) is 0 Å². The van der Waals surface area contributed by atoms with Crippen molar-refractivity contribution >= 4 is 0 Å². The molecule has 0 aliphatic rings. The third-order valence-electron chi connectivity index (χ3n) is 2.05. The topological polar surface area (TPSA) is 25.2 Å². The standard InChI is InChI=1S/C10H14F2N2O/c1-13(7-9(11)12)5-8-3-4-10(15)14(2)6-8/h3-4,6,9H,5,7H2,1-2H3. The van der Waals surface area contributed by atoms with Gasteiger partial charge in [-0.05, 0) is 12.6 Å². The van der Waals surface area contributed by atoms with Gasteiger partial charge in [0, 0.05) is 25.9 Å². The molecule has 0 saturated carbocycles. The Labute approximate surface area is 86.9 Å². The fourth-order valence-electron chi connectivity index (χ4n) is 1.36. The van der Waals surface area contributed by atoms with E-state index in [4.69, 9.17) is 0 Å². The van der Waals surface area contributed by atoms with E-state index in [1.807, 2.05) is 0 Å². The van der Waals surface area contributed by atoms with Crippen LogP contribution >= 0.6 is 0 Å². The van der Waals surface area contributed by atoms with Crippen molar-refractivity contribution < 1.29 is 8.78 Å². The minimum atomic E-state index is -2.33. The van der Waals surface area contributed by atoms with Gasteiger partial charge in [-0.1, -0.05) is 6.07 Å². The van der Waals surface area contributed by atoms with Crippen molar-refractivity contribution in [1.29, 1.82) is 0 Å². The highest BCUT2D eigenvalue weighted by atomic mass is 19.3. The molecule has 0 aliphatic heterocycles. The van der Waals surface area contributed by atoms with Crippen molar-refractivity contribution in [3.8, 4) is 0 Å². The molecule has 1 heterocycles. The highest BCUT2D eigenvalue weighted by Gasteiger charge is 2.08. The maximum atomic E-state index is 12.0. The minimum absolute atomic E-state index is 0.102. The molecule has 15 heavy (non-hydrogen) atoms. The number of halogens is 2. The monoisotopic (exact) mass is 216 g/mol. The Morgan fingerprint density at radius 1 is 1.47 bits per heavy atom. The second kappa shape index (κ2) is 5.02. The van der Waals surface area contributed by atoms with Gasteiger partial charge in [-0.15, -0.1) is 0 Å². The molecule has 1 aromatic rings. The molecule has 0 saturated heterocycles. The normalized spacial score (nSPS) is 11.3. The van der Waals surface area contributed by atoms with Crippen molar-refractivity contribution in [2.75, 3.05) is 13.6 Å². The summed E-state index contributed by atoms with van der Waals surface area (Å²) in [5.41, 5.74) is 0.746. The van der Waals surface area contributed by atoms with Crippen LogP contribution in [0.1, 0.15) is 5.56 Å². The maximum Gasteiger partial charge on any atom is 0.251 e. The molecule has 0 atom stereocenters. The SMILES string of the molecule is CN(Cc1ccc(=O)n(C)c1)CC(F)F. The van der Waals surface area contributed by atoms with Crippen LogP contribution < -0.4 is 5.56 Å². The number of hydrogen-bond acceptors (Lipinski definition) is 2. The Balaban J connectivity index is 2.64. The number of aromatic nitrogens is 1. The van der Waals surface area contributed by atoms with Gasteiger partial charge in [-0.25, -0.2) is 8.78 Å². The van der Waals surface area contributed by atoms with Crippen LogP contribution in [-0.2, 0) is 13.6 Å². The van der Waals surface area contributed by atoms with E-state index in [0.717, 1.165) is 5.56 Å². The fourth-order valence-corrected chi connectivity index (χ4v) is 1.36. The van der Waals surface area contributed by atoms with Gasteiger partial charge in [0.2, 0.25) is 5.56 Å². The predicted octanol–water partition coefficient (Wildman–Crippen LogP) is 1.08. The summed E-state index contributed by atoms with van der Waals surface area (Å²) >= 11 is 0. The van der Waals surface area contributed by atoms with E-state index in [1.165, 1.54) is 15.5 Å². The quantitative estimate of drug-likeness (QED) is 0.752. The van der Waals surface area contributed by atoms with E-state index < -0.39 is 6.43 Å². The maximum absolute atomic E-state index is 12.0. The molecule has 0 spiro atoms. The van der Waals surface area contributed by atoms with Gasteiger partial charge in [0.25, 0.3) is 6.43 Å². The second-order valence-electron chi connectivity index (χ2n) is 3.57. The minimum Gasteiger partial charge on any atom is -0.318 e. The molecule has 0 aliphatic carbocycles. The number of rotatable bonds is 4. The number of hydrogen-bond donors (Lipinski definition) is 0. The van der Waals surface area contributed by atoms with E-state index >= 15 is 0 Å². The summed E-state index contributed by atoms with van der Waals surface area (Å²) in [6.07, 6.45) is -0.674.